The lowest BCUT2D eigenvalue weighted by molar-refractivity contribution is -0.142. The predicted molar refractivity (Wildman–Crippen MR) is 93.9 cm³/mol. The summed E-state index contributed by atoms with van der Waals surface area (Å²) in [4.78, 5) is 27.7. The van der Waals surface area contributed by atoms with Gasteiger partial charge in [-0.2, -0.15) is 0 Å². The second kappa shape index (κ2) is 8.12. The summed E-state index contributed by atoms with van der Waals surface area (Å²) in [7, 11) is 0. The molecule has 1 aromatic carbocycles. The number of hydrogen-bond donors (Lipinski definition) is 2. The molecule has 0 fully saturated rings. The average Bonchev–Trinajstić information content (AvgIpc) is 2.99. The molecule has 1 atom stereocenters. The number of carbonyl (C=O) groups is 2. The number of amides is 1. The van der Waals surface area contributed by atoms with Gasteiger partial charge in [0.05, 0.1) is 12.1 Å². The Labute approximate surface area is 151 Å². The third-order valence-corrected chi connectivity index (χ3v) is 3.80. The van der Waals surface area contributed by atoms with E-state index in [9.17, 15) is 19.1 Å². The second-order valence-corrected chi connectivity index (χ2v) is 7.39. The van der Waals surface area contributed by atoms with Crippen molar-refractivity contribution < 1.29 is 23.5 Å². The van der Waals surface area contributed by atoms with Crippen LogP contribution in [0.15, 0.2) is 34.9 Å². The van der Waals surface area contributed by atoms with Crippen LogP contribution in [0.5, 0.6) is 0 Å². The lowest BCUT2D eigenvalue weighted by Crippen LogP contribution is -2.42. The third kappa shape index (κ3) is 5.98. The van der Waals surface area contributed by atoms with Gasteiger partial charge in [0.25, 0.3) is 0 Å². The van der Waals surface area contributed by atoms with Gasteiger partial charge in [-0.3, -0.25) is 4.79 Å². The van der Waals surface area contributed by atoms with E-state index in [1.807, 2.05) is 20.8 Å². The first-order valence-corrected chi connectivity index (χ1v) is 8.36. The van der Waals surface area contributed by atoms with Crippen LogP contribution in [0.25, 0.3) is 11.5 Å². The quantitative estimate of drug-likeness (QED) is 0.787. The second-order valence-electron chi connectivity index (χ2n) is 7.39. The van der Waals surface area contributed by atoms with E-state index >= 15 is 0 Å². The fourth-order valence-electron chi connectivity index (χ4n) is 2.36. The van der Waals surface area contributed by atoms with Gasteiger partial charge in [0, 0.05) is 5.56 Å². The molecular formula is C19H23FN2O4. The number of aliphatic carboxylic acids is 1. The van der Waals surface area contributed by atoms with Crippen molar-refractivity contribution in [1.29, 1.82) is 0 Å². The van der Waals surface area contributed by atoms with Crippen LogP contribution >= 0.6 is 0 Å². The van der Waals surface area contributed by atoms with Gasteiger partial charge in [0.15, 0.2) is 0 Å². The molecule has 6 nitrogen and oxygen atoms in total. The summed E-state index contributed by atoms with van der Waals surface area (Å²) < 4.78 is 18.3. The highest BCUT2D eigenvalue weighted by Crippen LogP contribution is 2.22. The van der Waals surface area contributed by atoms with Gasteiger partial charge in [0.1, 0.15) is 18.1 Å². The third-order valence-electron chi connectivity index (χ3n) is 3.80. The molecule has 1 heterocycles. The fourth-order valence-corrected chi connectivity index (χ4v) is 2.36. The summed E-state index contributed by atoms with van der Waals surface area (Å²) in [5.41, 5.74) is 0.947. The van der Waals surface area contributed by atoms with Gasteiger partial charge < -0.3 is 14.8 Å². The van der Waals surface area contributed by atoms with Crippen LogP contribution in [0, 0.1) is 11.2 Å². The van der Waals surface area contributed by atoms with Crippen LogP contribution < -0.4 is 5.32 Å². The number of rotatable bonds is 7. The van der Waals surface area contributed by atoms with Crippen LogP contribution in [-0.4, -0.2) is 28.0 Å². The Kier molecular flexibility index (Phi) is 6.13. The number of oxazole rings is 1. The molecule has 1 amide bonds. The molecular weight excluding hydrogens is 339 g/mol. The van der Waals surface area contributed by atoms with Crippen molar-refractivity contribution >= 4 is 11.9 Å². The van der Waals surface area contributed by atoms with E-state index in [4.69, 9.17) is 4.42 Å². The SMILES string of the molecule is CC(C)(C)CCC(NC(=O)Cc1coc(-c2ccc(F)cc2)n1)C(=O)O. The minimum Gasteiger partial charge on any atom is -0.480 e. The average molecular weight is 362 g/mol. The summed E-state index contributed by atoms with van der Waals surface area (Å²) in [5.74, 6) is -1.59. The molecule has 2 aromatic rings. The van der Waals surface area contributed by atoms with Gasteiger partial charge in [-0.15, -0.1) is 0 Å². The molecule has 1 aromatic heterocycles. The number of carbonyl (C=O) groups excluding carboxylic acids is 1. The zero-order chi connectivity index (χ0) is 19.3. The summed E-state index contributed by atoms with van der Waals surface area (Å²) in [5, 5.41) is 11.8. The van der Waals surface area contributed by atoms with E-state index in [1.165, 1.54) is 30.5 Å². The number of benzene rings is 1. The molecule has 0 aliphatic heterocycles. The van der Waals surface area contributed by atoms with E-state index in [0.29, 0.717) is 24.1 Å². The highest BCUT2D eigenvalue weighted by atomic mass is 19.1. The zero-order valence-electron chi connectivity index (χ0n) is 15.1. The summed E-state index contributed by atoms with van der Waals surface area (Å²) >= 11 is 0. The normalized spacial score (nSPS) is 12.6. The molecule has 0 saturated heterocycles. The van der Waals surface area contributed by atoms with Crippen LogP contribution in [-0.2, 0) is 16.0 Å². The minimum atomic E-state index is -1.06. The Balaban J connectivity index is 1.96. The van der Waals surface area contributed by atoms with Gasteiger partial charge >= 0.3 is 5.97 Å². The van der Waals surface area contributed by atoms with Crippen LogP contribution in [0.3, 0.4) is 0 Å². The summed E-state index contributed by atoms with van der Waals surface area (Å²) in [6.45, 7) is 6.04. The number of nitrogens with one attached hydrogen (secondary N) is 1. The van der Waals surface area contributed by atoms with Crippen molar-refractivity contribution in [2.45, 2.75) is 46.1 Å². The number of aromatic nitrogens is 1. The monoisotopic (exact) mass is 362 g/mol. The number of hydrogen-bond acceptors (Lipinski definition) is 4. The molecule has 26 heavy (non-hydrogen) atoms. The number of nitrogens with zero attached hydrogens (tertiary/aromatic N) is 1. The highest BCUT2D eigenvalue weighted by Gasteiger charge is 2.23. The van der Waals surface area contributed by atoms with Crippen LogP contribution in [0.4, 0.5) is 4.39 Å². The summed E-state index contributed by atoms with van der Waals surface area (Å²) in [6.07, 6.45) is 2.26. The molecule has 2 N–H and O–H groups in total. The first kappa shape index (κ1) is 19.6. The van der Waals surface area contributed by atoms with Crippen LogP contribution in [0.2, 0.25) is 0 Å². The predicted octanol–water partition coefficient (Wildman–Crippen LogP) is 3.42. The maximum Gasteiger partial charge on any atom is 0.326 e. The van der Waals surface area contributed by atoms with Crippen molar-refractivity contribution in [3.63, 3.8) is 0 Å². The van der Waals surface area contributed by atoms with Gasteiger partial charge in [-0.05, 0) is 42.5 Å². The lowest BCUT2D eigenvalue weighted by Gasteiger charge is -2.21. The van der Waals surface area contributed by atoms with Crippen molar-refractivity contribution in [3.8, 4) is 11.5 Å². The highest BCUT2D eigenvalue weighted by molar-refractivity contribution is 5.84. The van der Waals surface area contributed by atoms with Crippen molar-refractivity contribution in [1.82, 2.24) is 10.3 Å². The van der Waals surface area contributed by atoms with E-state index < -0.39 is 17.9 Å². The molecule has 0 aliphatic rings. The Morgan fingerprint density at radius 2 is 1.92 bits per heavy atom. The fraction of sp³-hybridized carbons (Fsp3) is 0.421. The Morgan fingerprint density at radius 1 is 1.27 bits per heavy atom. The number of carboxylic acid groups (broad SMARTS) is 1. The Hall–Kier alpha value is -2.70. The number of carboxylic acids is 1. The lowest BCUT2D eigenvalue weighted by atomic mass is 9.88. The Bertz CT molecular complexity index is 763. The molecule has 1 unspecified atom stereocenters. The topological polar surface area (TPSA) is 92.4 Å². The largest absolute Gasteiger partial charge is 0.480 e. The molecule has 140 valence electrons. The maximum absolute atomic E-state index is 13.0. The van der Waals surface area contributed by atoms with E-state index in [1.54, 1.807) is 0 Å². The molecule has 0 saturated carbocycles. The minimum absolute atomic E-state index is 0.0192. The van der Waals surface area contributed by atoms with Crippen molar-refractivity contribution in [2.75, 3.05) is 0 Å². The molecule has 2 rings (SSSR count). The Morgan fingerprint density at radius 3 is 2.50 bits per heavy atom. The smallest absolute Gasteiger partial charge is 0.326 e. The molecule has 0 radical (unpaired) electrons. The van der Waals surface area contributed by atoms with Gasteiger partial charge in [-0.1, -0.05) is 20.8 Å². The van der Waals surface area contributed by atoms with E-state index in [2.05, 4.69) is 10.3 Å². The first-order chi connectivity index (χ1) is 12.1. The maximum atomic E-state index is 13.0. The standard InChI is InChI=1S/C19H23FN2O4/c1-19(2,3)9-8-15(18(24)25)22-16(23)10-14-11-26-17(21-14)12-4-6-13(20)7-5-12/h4-7,11,15H,8-10H2,1-3H3,(H,22,23)(H,24,25). The van der Waals surface area contributed by atoms with Crippen LogP contribution in [0.1, 0.15) is 39.3 Å². The number of halogens is 1. The van der Waals surface area contributed by atoms with E-state index in [-0.39, 0.29) is 23.5 Å². The molecule has 0 spiro atoms. The van der Waals surface area contributed by atoms with Gasteiger partial charge in [-0.25, -0.2) is 14.2 Å². The summed E-state index contributed by atoms with van der Waals surface area (Å²) in [6, 6.07) is 4.69. The zero-order valence-corrected chi connectivity index (χ0v) is 15.1. The molecule has 7 heteroatoms. The van der Waals surface area contributed by atoms with Crippen molar-refractivity contribution in [3.05, 3.63) is 42.0 Å². The first-order valence-electron chi connectivity index (χ1n) is 8.36. The van der Waals surface area contributed by atoms with E-state index in [0.717, 1.165) is 0 Å². The van der Waals surface area contributed by atoms with Gasteiger partial charge in [0.2, 0.25) is 11.8 Å². The molecule has 0 bridgehead atoms. The molecule has 0 aliphatic carbocycles. The van der Waals surface area contributed by atoms with Crippen molar-refractivity contribution in [2.24, 2.45) is 5.41 Å².